The largest absolute Gasteiger partial charge is 0.284 e. The van der Waals surface area contributed by atoms with E-state index in [1.54, 1.807) is 0 Å². The van der Waals surface area contributed by atoms with Crippen LogP contribution in [0.25, 0.3) is 0 Å². The standard InChI is InChI=1S/C15H18O/c1-12(2)15(3,4)14(16)11-10-13-8-6-5-7-9-13/h5-9,12H,1-4H3. The Labute approximate surface area is 97.9 Å². The molecular formula is C15H18O. The second-order valence-corrected chi connectivity index (χ2v) is 4.82. The van der Waals surface area contributed by atoms with Crippen molar-refractivity contribution in [2.45, 2.75) is 27.7 Å². The predicted molar refractivity (Wildman–Crippen MR) is 66.9 cm³/mol. The SMILES string of the molecule is CC(C)C(C)(C)C(=O)C#Cc1ccccc1. The van der Waals surface area contributed by atoms with E-state index in [1.165, 1.54) is 0 Å². The number of hydrogen-bond acceptors (Lipinski definition) is 1. The lowest BCUT2D eigenvalue weighted by Crippen LogP contribution is -2.28. The maximum absolute atomic E-state index is 11.9. The second-order valence-electron chi connectivity index (χ2n) is 4.82. The third kappa shape index (κ3) is 2.97. The Morgan fingerprint density at radius 3 is 2.25 bits per heavy atom. The summed E-state index contributed by atoms with van der Waals surface area (Å²) in [4.78, 5) is 11.9. The van der Waals surface area contributed by atoms with E-state index in [0.717, 1.165) is 5.56 Å². The van der Waals surface area contributed by atoms with E-state index in [1.807, 2.05) is 58.0 Å². The molecule has 0 aliphatic rings. The van der Waals surface area contributed by atoms with E-state index in [4.69, 9.17) is 0 Å². The minimum atomic E-state index is -0.373. The lowest BCUT2D eigenvalue weighted by molar-refractivity contribution is -0.123. The molecule has 16 heavy (non-hydrogen) atoms. The van der Waals surface area contributed by atoms with Crippen LogP contribution in [0.15, 0.2) is 30.3 Å². The highest BCUT2D eigenvalue weighted by molar-refractivity contribution is 6.00. The normalized spacial score (nSPS) is 10.8. The summed E-state index contributed by atoms with van der Waals surface area (Å²) >= 11 is 0. The van der Waals surface area contributed by atoms with Gasteiger partial charge >= 0.3 is 0 Å². The summed E-state index contributed by atoms with van der Waals surface area (Å²) in [6, 6.07) is 9.58. The van der Waals surface area contributed by atoms with Gasteiger partial charge in [0.2, 0.25) is 5.78 Å². The van der Waals surface area contributed by atoms with Gasteiger partial charge < -0.3 is 0 Å². The summed E-state index contributed by atoms with van der Waals surface area (Å²) in [5.41, 5.74) is 0.511. The second kappa shape index (κ2) is 4.99. The molecule has 0 atom stereocenters. The van der Waals surface area contributed by atoms with Crippen LogP contribution >= 0.6 is 0 Å². The van der Waals surface area contributed by atoms with Crippen LogP contribution < -0.4 is 0 Å². The third-order valence-corrected chi connectivity index (χ3v) is 3.12. The molecule has 1 aromatic rings. The summed E-state index contributed by atoms with van der Waals surface area (Å²) in [6.45, 7) is 7.98. The number of ketones is 1. The molecule has 0 saturated heterocycles. The number of Topliss-reactive ketones (excluding diaryl/α,β-unsaturated/α-hetero) is 1. The zero-order chi connectivity index (χ0) is 12.2. The van der Waals surface area contributed by atoms with Gasteiger partial charge in [0, 0.05) is 11.0 Å². The Balaban J connectivity index is 2.84. The van der Waals surface area contributed by atoms with Crippen molar-refractivity contribution >= 4 is 5.78 Å². The van der Waals surface area contributed by atoms with Crippen molar-refractivity contribution in [3.05, 3.63) is 35.9 Å². The molecule has 1 heteroatoms. The molecule has 84 valence electrons. The number of benzene rings is 1. The van der Waals surface area contributed by atoms with Crippen molar-refractivity contribution in [3.63, 3.8) is 0 Å². The van der Waals surface area contributed by atoms with Gasteiger partial charge in [-0.15, -0.1) is 0 Å². The van der Waals surface area contributed by atoms with Crippen LogP contribution in [-0.4, -0.2) is 5.78 Å². The first-order chi connectivity index (χ1) is 7.44. The Morgan fingerprint density at radius 1 is 1.19 bits per heavy atom. The average molecular weight is 214 g/mol. The lowest BCUT2D eigenvalue weighted by atomic mass is 9.77. The van der Waals surface area contributed by atoms with Crippen LogP contribution in [0.1, 0.15) is 33.3 Å². The maximum Gasteiger partial charge on any atom is 0.211 e. The average Bonchev–Trinajstić information content (AvgIpc) is 2.27. The topological polar surface area (TPSA) is 17.1 Å². The Morgan fingerprint density at radius 2 is 1.75 bits per heavy atom. The zero-order valence-corrected chi connectivity index (χ0v) is 10.4. The fourth-order valence-electron chi connectivity index (χ4n) is 1.07. The fourth-order valence-corrected chi connectivity index (χ4v) is 1.07. The molecular weight excluding hydrogens is 196 g/mol. The number of carbonyl (C=O) groups is 1. The van der Waals surface area contributed by atoms with Crippen molar-refractivity contribution in [1.82, 2.24) is 0 Å². The van der Waals surface area contributed by atoms with Gasteiger partial charge in [-0.2, -0.15) is 0 Å². The van der Waals surface area contributed by atoms with Crippen LogP contribution in [0, 0.1) is 23.2 Å². The number of rotatable bonds is 2. The number of carbonyl (C=O) groups excluding carboxylic acids is 1. The van der Waals surface area contributed by atoms with Gasteiger partial charge in [-0.3, -0.25) is 4.79 Å². The molecule has 0 fully saturated rings. The highest BCUT2D eigenvalue weighted by Gasteiger charge is 2.29. The van der Waals surface area contributed by atoms with E-state index >= 15 is 0 Å². The molecule has 0 amide bonds. The molecule has 0 spiro atoms. The molecule has 0 aliphatic heterocycles. The first-order valence-corrected chi connectivity index (χ1v) is 5.56. The van der Waals surface area contributed by atoms with Gasteiger partial charge in [-0.05, 0) is 24.0 Å². The molecule has 0 aromatic heterocycles. The predicted octanol–water partition coefficient (Wildman–Crippen LogP) is 3.29. The molecule has 0 radical (unpaired) electrons. The van der Waals surface area contributed by atoms with E-state index in [0.29, 0.717) is 5.92 Å². The fraction of sp³-hybridized carbons (Fsp3) is 0.400. The molecule has 1 nitrogen and oxygen atoms in total. The monoisotopic (exact) mass is 214 g/mol. The highest BCUT2D eigenvalue weighted by atomic mass is 16.1. The zero-order valence-electron chi connectivity index (χ0n) is 10.4. The van der Waals surface area contributed by atoms with Gasteiger partial charge in [-0.1, -0.05) is 51.8 Å². The van der Waals surface area contributed by atoms with Crippen LogP contribution in [-0.2, 0) is 4.79 Å². The summed E-state index contributed by atoms with van der Waals surface area (Å²) in [5.74, 6) is 5.94. The van der Waals surface area contributed by atoms with E-state index in [9.17, 15) is 4.79 Å². The minimum Gasteiger partial charge on any atom is -0.284 e. The van der Waals surface area contributed by atoms with Crippen LogP contribution in [0.2, 0.25) is 0 Å². The molecule has 1 rings (SSSR count). The van der Waals surface area contributed by atoms with Crippen LogP contribution in [0.3, 0.4) is 0 Å². The number of hydrogen-bond donors (Lipinski definition) is 0. The lowest BCUT2D eigenvalue weighted by Gasteiger charge is -2.24. The highest BCUT2D eigenvalue weighted by Crippen LogP contribution is 2.26. The van der Waals surface area contributed by atoms with E-state index in [-0.39, 0.29) is 11.2 Å². The van der Waals surface area contributed by atoms with Gasteiger partial charge in [0.1, 0.15) is 0 Å². The summed E-state index contributed by atoms with van der Waals surface area (Å²) in [5, 5.41) is 0. The minimum absolute atomic E-state index is 0.00588. The molecule has 0 saturated carbocycles. The van der Waals surface area contributed by atoms with Gasteiger partial charge in [0.25, 0.3) is 0 Å². The molecule has 1 aromatic carbocycles. The molecule has 0 unspecified atom stereocenters. The van der Waals surface area contributed by atoms with Crippen molar-refractivity contribution in [3.8, 4) is 11.8 Å². The molecule has 0 aliphatic carbocycles. The quantitative estimate of drug-likeness (QED) is 0.690. The Bertz CT molecular complexity index is 416. The first-order valence-electron chi connectivity index (χ1n) is 5.56. The summed E-state index contributed by atoms with van der Waals surface area (Å²) in [7, 11) is 0. The van der Waals surface area contributed by atoms with Gasteiger partial charge in [0.15, 0.2) is 0 Å². The van der Waals surface area contributed by atoms with Crippen molar-refractivity contribution in [2.24, 2.45) is 11.3 Å². The van der Waals surface area contributed by atoms with E-state index in [2.05, 4.69) is 11.8 Å². The Hall–Kier alpha value is -1.55. The van der Waals surface area contributed by atoms with Gasteiger partial charge in [-0.25, -0.2) is 0 Å². The van der Waals surface area contributed by atoms with E-state index < -0.39 is 0 Å². The van der Waals surface area contributed by atoms with Gasteiger partial charge in [0.05, 0.1) is 0 Å². The molecule has 0 bridgehead atoms. The Kier molecular flexibility index (Phi) is 3.90. The smallest absolute Gasteiger partial charge is 0.211 e. The molecule has 0 N–H and O–H groups in total. The molecule has 0 heterocycles. The summed E-state index contributed by atoms with van der Waals surface area (Å²) < 4.78 is 0. The maximum atomic E-state index is 11.9. The van der Waals surface area contributed by atoms with Crippen molar-refractivity contribution in [2.75, 3.05) is 0 Å². The first kappa shape index (κ1) is 12.5. The third-order valence-electron chi connectivity index (χ3n) is 3.12. The summed E-state index contributed by atoms with van der Waals surface area (Å²) in [6.07, 6.45) is 0. The van der Waals surface area contributed by atoms with Crippen molar-refractivity contribution < 1.29 is 4.79 Å². The van der Waals surface area contributed by atoms with Crippen LogP contribution in [0.5, 0.6) is 0 Å². The van der Waals surface area contributed by atoms with Crippen LogP contribution in [0.4, 0.5) is 0 Å². The van der Waals surface area contributed by atoms with Crippen molar-refractivity contribution in [1.29, 1.82) is 0 Å².